The lowest BCUT2D eigenvalue weighted by Gasteiger charge is -2.09. The van der Waals surface area contributed by atoms with Gasteiger partial charge in [0.05, 0.1) is 12.2 Å². The molecule has 162 valence electrons. The third-order valence-electron chi connectivity index (χ3n) is 4.99. The van der Waals surface area contributed by atoms with Gasteiger partial charge < -0.3 is 4.74 Å². The second kappa shape index (κ2) is 13.6. The van der Waals surface area contributed by atoms with Crippen molar-refractivity contribution in [3.8, 4) is 16.3 Å². The predicted octanol–water partition coefficient (Wildman–Crippen LogP) is 7.74. The highest BCUT2D eigenvalue weighted by Gasteiger charge is 2.18. The maximum Gasteiger partial charge on any atom is 0.201 e. The molecule has 0 N–H and O–H groups in total. The second-order valence-corrected chi connectivity index (χ2v) is 8.58. The third-order valence-corrected chi connectivity index (χ3v) is 6.01. The average molecular weight is 425 g/mol. The first-order valence-electron chi connectivity index (χ1n) is 11.1. The maximum atomic E-state index is 14.5. The number of unbranched alkanes of at least 4 members (excludes halogenated alkanes) is 9. The molecule has 0 atom stereocenters. The van der Waals surface area contributed by atoms with Crippen LogP contribution < -0.4 is 4.74 Å². The molecule has 0 bridgehead atoms. The summed E-state index contributed by atoms with van der Waals surface area (Å²) in [5.74, 6) is -1.87. The summed E-state index contributed by atoms with van der Waals surface area (Å²) in [7, 11) is 0. The van der Waals surface area contributed by atoms with Crippen molar-refractivity contribution in [1.82, 2.24) is 10.2 Å². The van der Waals surface area contributed by atoms with Crippen molar-refractivity contribution in [1.29, 1.82) is 0 Å². The van der Waals surface area contributed by atoms with Gasteiger partial charge in [-0.1, -0.05) is 83.0 Å². The van der Waals surface area contributed by atoms with Crippen LogP contribution in [0.4, 0.5) is 8.78 Å². The van der Waals surface area contributed by atoms with Crippen LogP contribution in [0, 0.1) is 11.6 Å². The summed E-state index contributed by atoms with van der Waals surface area (Å²) in [5.41, 5.74) is 0.157. The van der Waals surface area contributed by atoms with Crippen LogP contribution in [-0.4, -0.2) is 16.8 Å². The van der Waals surface area contributed by atoms with Gasteiger partial charge in [-0.3, -0.25) is 0 Å². The lowest BCUT2D eigenvalue weighted by molar-refractivity contribution is 0.285. The molecular formula is C23H34F2N2OS. The van der Waals surface area contributed by atoms with Crippen molar-refractivity contribution in [2.24, 2.45) is 0 Å². The smallest absolute Gasteiger partial charge is 0.201 e. The van der Waals surface area contributed by atoms with E-state index in [0.717, 1.165) is 43.5 Å². The summed E-state index contributed by atoms with van der Waals surface area (Å²) >= 11 is 1.34. The minimum absolute atomic E-state index is 0.0273. The molecule has 0 unspecified atom stereocenters. The first kappa shape index (κ1) is 23.7. The molecule has 0 amide bonds. The fourth-order valence-electron chi connectivity index (χ4n) is 3.22. The fraction of sp³-hybridized carbons (Fsp3) is 0.652. The number of aromatic nitrogens is 2. The number of aryl methyl sites for hydroxylation is 1. The van der Waals surface area contributed by atoms with Gasteiger partial charge in [-0.2, -0.15) is 4.39 Å². The van der Waals surface area contributed by atoms with E-state index in [0.29, 0.717) is 11.6 Å². The Hall–Kier alpha value is -1.56. The summed E-state index contributed by atoms with van der Waals surface area (Å²) in [6, 6.07) is 3.04. The molecule has 3 nitrogen and oxygen atoms in total. The van der Waals surface area contributed by atoms with E-state index in [9.17, 15) is 8.78 Å². The minimum atomic E-state index is -0.940. The van der Waals surface area contributed by atoms with Crippen LogP contribution in [0.15, 0.2) is 12.1 Å². The van der Waals surface area contributed by atoms with E-state index in [1.165, 1.54) is 55.9 Å². The molecule has 1 heterocycles. The van der Waals surface area contributed by atoms with Crippen LogP contribution in [0.1, 0.15) is 89.5 Å². The highest BCUT2D eigenvalue weighted by atomic mass is 32.1. The predicted molar refractivity (Wildman–Crippen MR) is 117 cm³/mol. The lowest BCUT2D eigenvalue weighted by Crippen LogP contribution is -2.01. The second-order valence-electron chi connectivity index (χ2n) is 7.52. The highest BCUT2D eigenvalue weighted by molar-refractivity contribution is 7.14. The van der Waals surface area contributed by atoms with Gasteiger partial charge in [-0.05, 0) is 25.0 Å². The summed E-state index contributed by atoms with van der Waals surface area (Å²) in [6.07, 6.45) is 13.5. The zero-order valence-corrected chi connectivity index (χ0v) is 18.6. The van der Waals surface area contributed by atoms with Crippen LogP contribution in [0.25, 0.3) is 10.6 Å². The zero-order valence-electron chi connectivity index (χ0n) is 17.8. The van der Waals surface area contributed by atoms with Gasteiger partial charge in [0.25, 0.3) is 0 Å². The number of hydrogen-bond donors (Lipinski definition) is 0. The summed E-state index contributed by atoms with van der Waals surface area (Å²) in [6.45, 7) is 4.78. The van der Waals surface area contributed by atoms with Crippen molar-refractivity contribution in [3.05, 3.63) is 28.8 Å². The Morgan fingerprint density at radius 1 is 0.793 bits per heavy atom. The van der Waals surface area contributed by atoms with E-state index in [-0.39, 0.29) is 11.3 Å². The Kier molecular flexibility index (Phi) is 11.1. The molecule has 0 aliphatic heterocycles. The topological polar surface area (TPSA) is 35.0 Å². The van der Waals surface area contributed by atoms with Crippen LogP contribution in [0.5, 0.6) is 5.75 Å². The van der Waals surface area contributed by atoms with Gasteiger partial charge in [0, 0.05) is 6.42 Å². The Morgan fingerprint density at radius 2 is 1.45 bits per heavy atom. The van der Waals surface area contributed by atoms with Crippen LogP contribution in [0.2, 0.25) is 0 Å². The van der Waals surface area contributed by atoms with E-state index in [2.05, 4.69) is 24.0 Å². The Balaban J connectivity index is 1.85. The Bertz CT molecular complexity index is 721. The first-order valence-corrected chi connectivity index (χ1v) is 11.9. The van der Waals surface area contributed by atoms with E-state index in [1.54, 1.807) is 6.07 Å². The number of rotatable bonds is 15. The minimum Gasteiger partial charge on any atom is -0.490 e. The molecule has 6 heteroatoms. The number of halogens is 2. The van der Waals surface area contributed by atoms with Crippen LogP contribution in [0.3, 0.4) is 0 Å². The molecule has 0 fully saturated rings. The number of ether oxygens (including phenoxy) is 1. The standard InChI is InChI=1S/C23H34F2N2OS/c1-3-5-7-9-11-13-17-28-19-16-15-18(21(24)22(19)25)23-27-26-20(29-23)14-12-10-8-6-4-2/h15-16H,3-14,17H2,1-2H3. The maximum absolute atomic E-state index is 14.5. The van der Waals surface area contributed by atoms with Crippen LogP contribution >= 0.6 is 11.3 Å². The molecule has 0 saturated heterocycles. The molecule has 0 aliphatic carbocycles. The van der Waals surface area contributed by atoms with E-state index in [4.69, 9.17) is 4.74 Å². The summed E-state index contributed by atoms with van der Waals surface area (Å²) < 4.78 is 34.4. The monoisotopic (exact) mass is 424 g/mol. The zero-order chi connectivity index (χ0) is 20.9. The van der Waals surface area contributed by atoms with Crippen molar-refractivity contribution in [3.63, 3.8) is 0 Å². The van der Waals surface area contributed by atoms with Crippen molar-refractivity contribution in [2.45, 2.75) is 90.9 Å². The quantitative estimate of drug-likeness (QED) is 0.274. The Labute approximate surface area is 177 Å². The molecule has 0 aliphatic rings. The molecular weight excluding hydrogens is 390 g/mol. The number of hydrogen-bond acceptors (Lipinski definition) is 4. The van der Waals surface area contributed by atoms with E-state index >= 15 is 0 Å². The molecule has 1 aromatic heterocycles. The van der Waals surface area contributed by atoms with Gasteiger partial charge >= 0.3 is 0 Å². The molecule has 2 rings (SSSR count). The molecule has 29 heavy (non-hydrogen) atoms. The largest absolute Gasteiger partial charge is 0.490 e. The van der Waals surface area contributed by atoms with Crippen LogP contribution in [-0.2, 0) is 6.42 Å². The van der Waals surface area contributed by atoms with Crippen molar-refractivity contribution in [2.75, 3.05) is 6.61 Å². The number of nitrogens with zero attached hydrogens (tertiary/aromatic N) is 2. The first-order chi connectivity index (χ1) is 14.2. The molecule has 2 aromatic rings. The lowest BCUT2D eigenvalue weighted by atomic mass is 10.1. The van der Waals surface area contributed by atoms with Gasteiger partial charge in [0.2, 0.25) is 5.82 Å². The summed E-state index contributed by atoms with van der Waals surface area (Å²) in [4.78, 5) is 0. The van der Waals surface area contributed by atoms with Gasteiger partial charge in [-0.25, -0.2) is 4.39 Å². The van der Waals surface area contributed by atoms with Gasteiger partial charge in [0.15, 0.2) is 16.6 Å². The van der Waals surface area contributed by atoms with E-state index < -0.39 is 11.6 Å². The fourth-order valence-corrected chi connectivity index (χ4v) is 4.12. The third kappa shape index (κ3) is 8.00. The molecule has 0 spiro atoms. The highest BCUT2D eigenvalue weighted by Crippen LogP contribution is 2.32. The molecule has 1 aromatic carbocycles. The average Bonchev–Trinajstić information content (AvgIpc) is 3.19. The molecule has 0 saturated carbocycles. The van der Waals surface area contributed by atoms with Gasteiger partial charge in [-0.15, -0.1) is 10.2 Å². The van der Waals surface area contributed by atoms with E-state index in [1.807, 2.05) is 0 Å². The SMILES string of the molecule is CCCCCCCCOc1ccc(-c2nnc(CCCCCCC)s2)c(F)c1F. The van der Waals surface area contributed by atoms with Crippen molar-refractivity contribution < 1.29 is 13.5 Å². The van der Waals surface area contributed by atoms with Gasteiger partial charge in [0.1, 0.15) is 5.01 Å². The van der Waals surface area contributed by atoms with Crippen molar-refractivity contribution >= 4 is 11.3 Å². The Morgan fingerprint density at radius 3 is 2.17 bits per heavy atom. The normalized spacial score (nSPS) is 11.2. The molecule has 0 radical (unpaired) electrons. The number of benzene rings is 1. The summed E-state index contributed by atoms with van der Waals surface area (Å²) in [5, 5.41) is 9.51.